The average Bonchev–Trinajstić information content (AvgIpc) is 2.32. The van der Waals surface area contributed by atoms with Crippen LogP contribution >= 0.6 is 0 Å². The third-order valence-corrected chi connectivity index (χ3v) is 2.39. The monoisotopic (exact) mass is 236 g/mol. The van der Waals surface area contributed by atoms with Gasteiger partial charge >= 0.3 is 0 Å². The van der Waals surface area contributed by atoms with Crippen molar-refractivity contribution in [3.63, 3.8) is 0 Å². The van der Waals surface area contributed by atoms with Crippen LogP contribution in [0.5, 0.6) is 5.75 Å². The highest BCUT2D eigenvalue weighted by Gasteiger charge is 2.05. The Labute approximate surface area is 102 Å². The van der Waals surface area contributed by atoms with Gasteiger partial charge in [-0.25, -0.2) is 0 Å². The van der Waals surface area contributed by atoms with E-state index in [0.717, 1.165) is 19.5 Å². The number of phenols is 1. The van der Waals surface area contributed by atoms with Gasteiger partial charge in [-0.3, -0.25) is 4.79 Å². The molecule has 0 spiro atoms. The van der Waals surface area contributed by atoms with Crippen molar-refractivity contribution in [2.24, 2.45) is 0 Å². The molecule has 0 radical (unpaired) electrons. The third-order valence-electron chi connectivity index (χ3n) is 2.39. The Morgan fingerprint density at radius 2 is 2.00 bits per heavy atom. The number of rotatable bonds is 7. The summed E-state index contributed by atoms with van der Waals surface area (Å²) in [7, 11) is 0. The van der Waals surface area contributed by atoms with Crippen LogP contribution in [0.15, 0.2) is 24.3 Å². The molecule has 17 heavy (non-hydrogen) atoms. The summed E-state index contributed by atoms with van der Waals surface area (Å²) in [4.78, 5) is 11.5. The van der Waals surface area contributed by atoms with Gasteiger partial charge in [0.15, 0.2) is 0 Å². The van der Waals surface area contributed by atoms with Crippen LogP contribution in [0.2, 0.25) is 0 Å². The molecule has 0 heterocycles. The first kappa shape index (κ1) is 13.5. The zero-order valence-electron chi connectivity index (χ0n) is 10.2. The Balaban J connectivity index is 2.23. The van der Waals surface area contributed by atoms with E-state index < -0.39 is 0 Å². The number of carbonyl (C=O) groups is 1. The minimum Gasteiger partial charge on any atom is -0.508 e. The largest absolute Gasteiger partial charge is 0.508 e. The Morgan fingerprint density at radius 1 is 1.24 bits per heavy atom. The Bertz CT molecular complexity index is 353. The van der Waals surface area contributed by atoms with E-state index in [1.165, 1.54) is 0 Å². The molecule has 0 unspecified atom stereocenters. The number of hydrogen-bond donors (Lipinski definition) is 3. The second-order valence-electron chi connectivity index (χ2n) is 3.91. The maximum absolute atomic E-state index is 11.5. The highest BCUT2D eigenvalue weighted by Crippen LogP contribution is 2.15. The van der Waals surface area contributed by atoms with Crippen LogP contribution in [0, 0.1) is 0 Å². The van der Waals surface area contributed by atoms with Crippen LogP contribution in [0.4, 0.5) is 0 Å². The van der Waals surface area contributed by atoms with E-state index in [4.69, 9.17) is 0 Å². The van der Waals surface area contributed by atoms with Gasteiger partial charge in [-0.05, 0) is 19.0 Å². The molecule has 0 fully saturated rings. The van der Waals surface area contributed by atoms with Gasteiger partial charge in [0.25, 0.3) is 0 Å². The van der Waals surface area contributed by atoms with Crippen LogP contribution in [-0.4, -0.2) is 30.6 Å². The van der Waals surface area contributed by atoms with Gasteiger partial charge in [0.2, 0.25) is 5.91 Å². The molecular weight excluding hydrogens is 216 g/mol. The minimum atomic E-state index is -0.0650. The lowest BCUT2D eigenvalue weighted by atomic mass is 10.1. The lowest BCUT2D eigenvalue weighted by molar-refractivity contribution is -0.120. The molecule has 94 valence electrons. The number of amides is 1. The summed E-state index contributed by atoms with van der Waals surface area (Å²) >= 11 is 0. The zero-order valence-corrected chi connectivity index (χ0v) is 10.2. The smallest absolute Gasteiger partial charge is 0.224 e. The van der Waals surface area contributed by atoms with Crippen molar-refractivity contribution in [2.45, 2.75) is 19.8 Å². The molecule has 0 saturated heterocycles. The number of hydrogen-bond acceptors (Lipinski definition) is 3. The Morgan fingerprint density at radius 3 is 2.71 bits per heavy atom. The Hall–Kier alpha value is -1.55. The van der Waals surface area contributed by atoms with Crippen molar-refractivity contribution in [1.82, 2.24) is 10.6 Å². The summed E-state index contributed by atoms with van der Waals surface area (Å²) in [6, 6.07) is 6.90. The molecule has 0 atom stereocenters. The first-order valence-electron chi connectivity index (χ1n) is 5.98. The summed E-state index contributed by atoms with van der Waals surface area (Å²) in [5, 5.41) is 15.5. The molecule has 0 aliphatic carbocycles. The van der Waals surface area contributed by atoms with Gasteiger partial charge in [0, 0.05) is 18.7 Å². The van der Waals surface area contributed by atoms with E-state index >= 15 is 0 Å². The molecule has 1 aromatic rings. The summed E-state index contributed by atoms with van der Waals surface area (Å²) in [6.07, 6.45) is 1.31. The molecule has 0 bridgehead atoms. The van der Waals surface area contributed by atoms with Crippen molar-refractivity contribution < 1.29 is 9.90 Å². The first-order valence-corrected chi connectivity index (χ1v) is 5.98. The number of benzene rings is 1. The normalized spacial score (nSPS) is 10.2. The van der Waals surface area contributed by atoms with E-state index in [1.54, 1.807) is 18.2 Å². The van der Waals surface area contributed by atoms with Crippen molar-refractivity contribution in [2.75, 3.05) is 19.6 Å². The molecule has 4 heteroatoms. The number of phenolic OH excluding ortho intramolecular Hbond substituents is 1. The second kappa shape index (κ2) is 7.68. The quantitative estimate of drug-likeness (QED) is 0.620. The molecule has 1 rings (SSSR count). The van der Waals surface area contributed by atoms with Crippen LogP contribution in [0.25, 0.3) is 0 Å². The highest BCUT2D eigenvalue weighted by atomic mass is 16.3. The number of nitrogens with one attached hydrogen (secondary N) is 2. The number of aromatic hydroxyl groups is 1. The van der Waals surface area contributed by atoms with E-state index in [0.29, 0.717) is 12.1 Å². The number of para-hydroxylation sites is 1. The molecule has 0 aromatic heterocycles. The Kier molecular flexibility index (Phi) is 6.10. The maximum Gasteiger partial charge on any atom is 0.224 e. The zero-order chi connectivity index (χ0) is 12.5. The van der Waals surface area contributed by atoms with Crippen LogP contribution < -0.4 is 10.6 Å². The average molecular weight is 236 g/mol. The summed E-state index contributed by atoms with van der Waals surface area (Å²) in [5.41, 5.74) is 0.659. The standard InChI is InChI=1S/C13H20N2O2/c1-2-7-14-8-9-15-13(17)10-11-5-3-4-6-12(11)16/h3-6,14,16H,2,7-10H2,1H3,(H,15,17). The molecular formula is C13H20N2O2. The van der Waals surface area contributed by atoms with E-state index in [1.807, 2.05) is 6.07 Å². The van der Waals surface area contributed by atoms with E-state index in [-0.39, 0.29) is 18.1 Å². The minimum absolute atomic E-state index is 0.0650. The predicted octanol–water partition coefficient (Wildman–Crippen LogP) is 1.05. The van der Waals surface area contributed by atoms with E-state index in [9.17, 15) is 9.90 Å². The lowest BCUT2D eigenvalue weighted by Crippen LogP contribution is -2.33. The van der Waals surface area contributed by atoms with Gasteiger partial charge in [0.1, 0.15) is 5.75 Å². The topological polar surface area (TPSA) is 61.4 Å². The van der Waals surface area contributed by atoms with Gasteiger partial charge in [-0.2, -0.15) is 0 Å². The fourth-order valence-electron chi connectivity index (χ4n) is 1.49. The van der Waals surface area contributed by atoms with Gasteiger partial charge < -0.3 is 15.7 Å². The lowest BCUT2D eigenvalue weighted by Gasteiger charge is -2.07. The van der Waals surface area contributed by atoms with Crippen molar-refractivity contribution in [3.05, 3.63) is 29.8 Å². The summed E-state index contributed by atoms with van der Waals surface area (Å²) in [6.45, 7) is 4.46. The first-order chi connectivity index (χ1) is 8.24. The maximum atomic E-state index is 11.5. The third kappa shape index (κ3) is 5.36. The van der Waals surface area contributed by atoms with Crippen molar-refractivity contribution in [1.29, 1.82) is 0 Å². The second-order valence-corrected chi connectivity index (χ2v) is 3.91. The van der Waals surface area contributed by atoms with Gasteiger partial charge in [-0.1, -0.05) is 25.1 Å². The number of carbonyl (C=O) groups excluding carboxylic acids is 1. The fraction of sp³-hybridized carbons (Fsp3) is 0.462. The molecule has 1 amide bonds. The SMILES string of the molecule is CCCNCCNC(=O)Cc1ccccc1O. The van der Waals surface area contributed by atoms with Gasteiger partial charge in [-0.15, -0.1) is 0 Å². The molecule has 1 aromatic carbocycles. The summed E-state index contributed by atoms with van der Waals surface area (Å²) < 4.78 is 0. The van der Waals surface area contributed by atoms with Crippen LogP contribution in [0.3, 0.4) is 0 Å². The van der Waals surface area contributed by atoms with Crippen LogP contribution in [0.1, 0.15) is 18.9 Å². The molecule has 0 saturated carbocycles. The van der Waals surface area contributed by atoms with Crippen LogP contribution in [-0.2, 0) is 11.2 Å². The van der Waals surface area contributed by atoms with Crippen molar-refractivity contribution in [3.8, 4) is 5.75 Å². The predicted molar refractivity (Wildman–Crippen MR) is 68.0 cm³/mol. The summed E-state index contributed by atoms with van der Waals surface area (Å²) in [5.74, 6) is 0.108. The van der Waals surface area contributed by atoms with Gasteiger partial charge in [0.05, 0.1) is 6.42 Å². The molecule has 0 aliphatic rings. The van der Waals surface area contributed by atoms with Crippen molar-refractivity contribution >= 4 is 5.91 Å². The highest BCUT2D eigenvalue weighted by molar-refractivity contribution is 5.79. The molecule has 0 aliphatic heterocycles. The van der Waals surface area contributed by atoms with E-state index in [2.05, 4.69) is 17.6 Å². The molecule has 3 N–H and O–H groups in total. The molecule has 4 nitrogen and oxygen atoms in total. The fourth-order valence-corrected chi connectivity index (χ4v) is 1.49.